The highest BCUT2D eigenvalue weighted by molar-refractivity contribution is 7.89. The lowest BCUT2D eigenvalue weighted by Gasteiger charge is -2.34. The van der Waals surface area contributed by atoms with E-state index in [1.165, 1.54) is 33.6 Å². The van der Waals surface area contributed by atoms with Crippen molar-refractivity contribution in [3.8, 4) is 0 Å². The van der Waals surface area contributed by atoms with Gasteiger partial charge in [-0.15, -0.1) is 0 Å². The molecule has 0 spiro atoms. The van der Waals surface area contributed by atoms with Crippen molar-refractivity contribution in [2.75, 3.05) is 19.7 Å². The number of carbonyl (C=O) groups excluding carboxylic acids is 2. The van der Waals surface area contributed by atoms with Crippen molar-refractivity contribution in [1.82, 2.24) is 9.31 Å². The fraction of sp³-hybridized carbons (Fsp3) is 0.265. The number of morpholine rings is 1. The zero-order chi connectivity index (χ0) is 30.8. The van der Waals surface area contributed by atoms with Crippen LogP contribution in [0.4, 0.5) is 0 Å². The molecule has 2 aliphatic rings. The van der Waals surface area contributed by atoms with E-state index in [4.69, 9.17) is 14.6 Å². The highest BCUT2D eigenvalue weighted by atomic mass is 32.2. The Labute approximate surface area is 256 Å². The first-order chi connectivity index (χ1) is 21.2. The Hall–Kier alpha value is -4.38. The minimum absolute atomic E-state index is 0.0205. The zero-order valence-corrected chi connectivity index (χ0v) is 25.3. The highest BCUT2D eigenvalue weighted by Crippen LogP contribution is 2.33. The number of amides is 1. The van der Waals surface area contributed by atoms with Gasteiger partial charge in [0, 0.05) is 19.5 Å². The number of carbonyl (C=O) groups is 2. The Morgan fingerprint density at radius 2 is 1.57 bits per heavy atom. The smallest absolute Gasteiger partial charge is 0.338 e. The van der Waals surface area contributed by atoms with Crippen LogP contribution in [0.2, 0.25) is 0 Å². The monoisotopic (exact) mass is 611 g/mol. The van der Waals surface area contributed by atoms with Crippen LogP contribution in [0.15, 0.2) is 107 Å². The van der Waals surface area contributed by atoms with Gasteiger partial charge in [-0.3, -0.25) is 4.79 Å². The van der Waals surface area contributed by atoms with E-state index in [0.29, 0.717) is 6.42 Å². The van der Waals surface area contributed by atoms with Gasteiger partial charge in [-0.05, 0) is 60.0 Å². The first-order valence-electron chi connectivity index (χ1n) is 14.6. The number of hydrogen-bond acceptors (Lipinski definition) is 7. The third-order valence-electron chi connectivity index (χ3n) is 7.85. The second-order valence-electron chi connectivity index (χ2n) is 11.2. The Morgan fingerprint density at radius 3 is 2.32 bits per heavy atom. The lowest BCUT2D eigenvalue weighted by atomic mass is 9.97. The van der Waals surface area contributed by atoms with Gasteiger partial charge < -0.3 is 9.47 Å². The van der Waals surface area contributed by atoms with Gasteiger partial charge in [0.25, 0.3) is 5.91 Å². The molecule has 0 unspecified atom stereocenters. The van der Waals surface area contributed by atoms with Crippen LogP contribution in [0.25, 0.3) is 10.8 Å². The van der Waals surface area contributed by atoms with Crippen molar-refractivity contribution in [1.29, 1.82) is 0 Å². The van der Waals surface area contributed by atoms with Crippen molar-refractivity contribution in [2.24, 2.45) is 5.10 Å². The average molecular weight is 612 g/mol. The summed E-state index contributed by atoms with van der Waals surface area (Å²) in [6.07, 6.45) is 0.00515. The fourth-order valence-electron chi connectivity index (χ4n) is 5.75. The predicted molar refractivity (Wildman–Crippen MR) is 167 cm³/mol. The molecule has 0 aliphatic carbocycles. The van der Waals surface area contributed by atoms with Gasteiger partial charge in [0.1, 0.15) is 0 Å². The molecule has 2 aliphatic heterocycles. The molecule has 10 heteroatoms. The molecule has 0 saturated carbocycles. The number of esters is 1. The first-order valence-corrected chi connectivity index (χ1v) is 16.0. The van der Waals surface area contributed by atoms with E-state index in [1.807, 2.05) is 80.6 Å². The van der Waals surface area contributed by atoms with Crippen LogP contribution in [-0.4, -0.2) is 67.2 Å². The second kappa shape index (κ2) is 12.3. The van der Waals surface area contributed by atoms with E-state index in [-0.39, 0.29) is 41.8 Å². The molecule has 0 N–H and O–H groups in total. The predicted octanol–water partition coefficient (Wildman–Crippen LogP) is 5.17. The molecule has 6 rings (SSSR count). The molecule has 0 bridgehead atoms. The summed E-state index contributed by atoms with van der Waals surface area (Å²) >= 11 is 0. The quantitative estimate of drug-likeness (QED) is 0.267. The van der Waals surface area contributed by atoms with Gasteiger partial charge >= 0.3 is 5.97 Å². The number of fused-ring (bicyclic) bond motifs is 1. The summed E-state index contributed by atoms with van der Waals surface area (Å²) in [6.45, 7) is 3.53. The molecule has 4 aromatic carbocycles. The van der Waals surface area contributed by atoms with E-state index < -0.39 is 28.5 Å². The molecule has 9 nitrogen and oxygen atoms in total. The standard InChI is InChI=1S/C34H33N3O6S/c1-23-20-36(21-24(2)43-23)44(40,41)30-14-8-13-29(18-30)34(39)42-22-33(38)37-32(26-10-4-3-5-11-26)19-31(35-37)28-16-15-25-9-6-7-12-27(25)17-28/h3-18,23-24,32H,19-22H2,1-2H3/t23-,24+,32-/m1/s1. The molecular formula is C34H33N3O6S. The van der Waals surface area contributed by atoms with Crippen LogP contribution in [0.3, 0.4) is 0 Å². The molecule has 0 aromatic heterocycles. The number of rotatable bonds is 7. The van der Waals surface area contributed by atoms with Crippen molar-refractivity contribution >= 4 is 38.4 Å². The van der Waals surface area contributed by atoms with E-state index in [0.717, 1.165) is 27.6 Å². The summed E-state index contributed by atoms with van der Waals surface area (Å²) in [5.74, 6) is -1.28. The summed E-state index contributed by atoms with van der Waals surface area (Å²) in [7, 11) is -3.86. The lowest BCUT2D eigenvalue weighted by molar-refractivity contribution is -0.136. The maximum Gasteiger partial charge on any atom is 0.338 e. The van der Waals surface area contributed by atoms with Crippen molar-refractivity contribution in [2.45, 2.75) is 43.4 Å². The average Bonchev–Trinajstić information content (AvgIpc) is 3.49. The summed E-state index contributed by atoms with van der Waals surface area (Å²) in [6, 6.07) is 29.1. The SMILES string of the molecule is C[C@@H]1CN(S(=O)(=O)c2cccc(C(=O)OCC(=O)N3N=C(c4ccc5ccccc5c4)C[C@@H]3c3ccccc3)c2)C[C@H](C)O1. The Bertz CT molecular complexity index is 1830. The van der Waals surface area contributed by atoms with Crippen LogP contribution < -0.4 is 0 Å². The van der Waals surface area contributed by atoms with Gasteiger partial charge in [-0.2, -0.15) is 9.41 Å². The topological polar surface area (TPSA) is 106 Å². The van der Waals surface area contributed by atoms with Gasteiger partial charge in [0.15, 0.2) is 6.61 Å². The number of hydrazone groups is 1. The molecule has 1 fully saturated rings. The summed E-state index contributed by atoms with van der Waals surface area (Å²) in [4.78, 5) is 26.5. The molecule has 0 radical (unpaired) electrons. The van der Waals surface area contributed by atoms with Gasteiger partial charge in [-0.1, -0.05) is 72.8 Å². The lowest BCUT2D eigenvalue weighted by Crippen LogP contribution is -2.48. The van der Waals surface area contributed by atoms with Crippen molar-refractivity contribution < 1.29 is 27.5 Å². The summed E-state index contributed by atoms with van der Waals surface area (Å²) < 4.78 is 39.1. The second-order valence-corrected chi connectivity index (χ2v) is 13.1. The van der Waals surface area contributed by atoms with Crippen LogP contribution in [0, 0.1) is 0 Å². The summed E-state index contributed by atoms with van der Waals surface area (Å²) in [5.41, 5.74) is 2.62. The van der Waals surface area contributed by atoms with E-state index >= 15 is 0 Å². The molecule has 226 valence electrons. The Balaban J connectivity index is 1.19. The van der Waals surface area contributed by atoms with Gasteiger partial charge in [0.2, 0.25) is 10.0 Å². The largest absolute Gasteiger partial charge is 0.452 e. The third kappa shape index (κ3) is 6.14. The van der Waals surface area contributed by atoms with Crippen LogP contribution in [0.5, 0.6) is 0 Å². The molecule has 2 heterocycles. The molecule has 4 aromatic rings. The molecule has 3 atom stereocenters. The first kappa shape index (κ1) is 29.7. The van der Waals surface area contributed by atoms with Crippen molar-refractivity contribution in [3.05, 3.63) is 114 Å². The molecule has 44 heavy (non-hydrogen) atoms. The minimum atomic E-state index is -3.86. The number of sulfonamides is 1. The maximum absolute atomic E-state index is 13.5. The van der Waals surface area contributed by atoms with Gasteiger partial charge in [0.05, 0.1) is 34.4 Å². The Kier molecular flexibility index (Phi) is 8.31. The highest BCUT2D eigenvalue weighted by Gasteiger charge is 2.35. The van der Waals surface area contributed by atoms with E-state index in [9.17, 15) is 18.0 Å². The fourth-order valence-corrected chi connectivity index (χ4v) is 7.39. The van der Waals surface area contributed by atoms with Crippen molar-refractivity contribution in [3.63, 3.8) is 0 Å². The number of ether oxygens (including phenoxy) is 2. The Morgan fingerprint density at radius 1 is 0.864 bits per heavy atom. The van der Waals surface area contributed by atoms with Gasteiger partial charge in [-0.25, -0.2) is 18.2 Å². The molecule has 1 saturated heterocycles. The minimum Gasteiger partial charge on any atom is -0.452 e. The third-order valence-corrected chi connectivity index (χ3v) is 9.68. The van der Waals surface area contributed by atoms with Crippen LogP contribution >= 0.6 is 0 Å². The van der Waals surface area contributed by atoms with E-state index in [1.54, 1.807) is 0 Å². The zero-order valence-electron chi connectivity index (χ0n) is 24.5. The van der Waals surface area contributed by atoms with Crippen LogP contribution in [-0.2, 0) is 24.3 Å². The number of hydrogen-bond donors (Lipinski definition) is 0. The molecular weight excluding hydrogens is 578 g/mol. The maximum atomic E-state index is 13.5. The molecule has 1 amide bonds. The number of benzene rings is 4. The van der Waals surface area contributed by atoms with E-state index in [2.05, 4.69) is 6.07 Å². The van der Waals surface area contributed by atoms with Crippen LogP contribution in [0.1, 0.15) is 47.8 Å². The summed E-state index contributed by atoms with van der Waals surface area (Å²) in [5, 5.41) is 8.27. The number of nitrogens with zero attached hydrogens (tertiary/aromatic N) is 3. The normalized spacial score (nSPS) is 20.8.